The number of nitrogens with zero attached hydrogens (tertiary/aromatic N) is 2. The average Bonchev–Trinajstić information content (AvgIpc) is 3.23. The fraction of sp³-hybridized carbons (Fsp3) is 0.192. The molecule has 0 fully saturated rings. The number of thiophene rings is 1. The number of hydrazone groups is 1. The molecule has 2 heterocycles. The summed E-state index contributed by atoms with van der Waals surface area (Å²) in [6.07, 6.45) is 3.75. The molecule has 162 valence electrons. The maximum Gasteiger partial charge on any atom is 0.272 e. The summed E-state index contributed by atoms with van der Waals surface area (Å²) in [7, 11) is 0. The van der Waals surface area contributed by atoms with Gasteiger partial charge < -0.3 is 4.74 Å². The van der Waals surface area contributed by atoms with Crippen LogP contribution in [0, 0.1) is 6.92 Å². The highest BCUT2D eigenvalue weighted by Crippen LogP contribution is 2.27. The molecule has 1 amide bonds. The second-order valence-corrected chi connectivity index (χ2v) is 8.77. The highest BCUT2D eigenvalue weighted by Gasteiger charge is 2.14. The number of aromatic nitrogens is 1. The third kappa shape index (κ3) is 5.21. The number of nitrogens with one attached hydrogen (secondary N) is 1. The van der Waals surface area contributed by atoms with Crippen LogP contribution in [0.1, 0.15) is 39.9 Å². The highest BCUT2D eigenvalue weighted by molar-refractivity contribution is 7.13. The molecule has 0 bridgehead atoms. The molecule has 0 aliphatic rings. The lowest BCUT2D eigenvalue weighted by Crippen LogP contribution is -2.18. The molecule has 0 saturated carbocycles. The maximum absolute atomic E-state index is 13.0. The van der Waals surface area contributed by atoms with Crippen LogP contribution in [0.3, 0.4) is 0 Å². The molecule has 0 radical (unpaired) electrons. The molecule has 1 N–H and O–H groups in total. The van der Waals surface area contributed by atoms with Crippen LogP contribution >= 0.6 is 11.3 Å². The Morgan fingerprint density at radius 1 is 1.12 bits per heavy atom. The predicted octanol–water partition coefficient (Wildman–Crippen LogP) is 6.21. The fourth-order valence-corrected chi connectivity index (χ4v) is 4.08. The zero-order chi connectivity index (χ0) is 22.3. The van der Waals surface area contributed by atoms with Crippen molar-refractivity contribution in [2.45, 2.75) is 26.7 Å². The van der Waals surface area contributed by atoms with Gasteiger partial charge in [0.2, 0.25) is 0 Å². The minimum Gasteiger partial charge on any atom is -0.494 e. The molecule has 0 atom stereocenters. The van der Waals surface area contributed by atoms with Crippen molar-refractivity contribution in [2.75, 3.05) is 6.61 Å². The van der Waals surface area contributed by atoms with E-state index < -0.39 is 0 Å². The summed E-state index contributed by atoms with van der Waals surface area (Å²) in [5, 5.41) is 4.93. The first-order valence-corrected chi connectivity index (χ1v) is 11.5. The van der Waals surface area contributed by atoms with Gasteiger partial charge in [-0.05, 0) is 49.7 Å². The van der Waals surface area contributed by atoms with Crippen LogP contribution in [0.5, 0.6) is 5.75 Å². The molecule has 0 spiro atoms. The van der Waals surface area contributed by atoms with Crippen molar-refractivity contribution in [3.63, 3.8) is 0 Å². The van der Waals surface area contributed by atoms with Gasteiger partial charge in [0.25, 0.3) is 5.91 Å². The maximum atomic E-state index is 13.0. The minimum atomic E-state index is -0.273. The lowest BCUT2D eigenvalue weighted by atomic mass is 10.0. The van der Waals surface area contributed by atoms with Crippen molar-refractivity contribution in [3.8, 4) is 17.0 Å². The van der Waals surface area contributed by atoms with E-state index in [1.807, 2.05) is 73.7 Å². The van der Waals surface area contributed by atoms with Crippen LogP contribution < -0.4 is 10.2 Å². The summed E-state index contributed by atoms with van der Waals surface area (Å²) in [5.41, 5.74) is 5.56. The monoisotopic (exact) mass is 443 g/mol. The molecule has 2 aromatic carbocycles. The van der Waals surface area contributed by atoms with Crippen LogP contribution in [-0.4, -0.2) is 23.7 Å². The largest absolute Gasteiger partial charge is 0.494 e. The van der Waals surface area contributed by atoms with E-state index in [1.165, 1.54) is 4.88 Å². The molecule has 32 heavy (non-hydrogen) atoms. The summed E-state index contributed by atoms with van der Waals surface area (Å²) in [6.45, 7) is 4.85. The Morgan fingerprint density at radius 2 is 2.00 bits per heavy atom. The van der Waals surface area contributed by atoms with E-state index in [-0.39, 0.29) is 5.91 Å². The number of amides is 1. The van der Waals surface area contributed by atoms with E-state index in [0.717, 1.165) is 39.9 Å². The molecule has 2 aromatic heterocycles. The molecular formula is C26H25N3O2S. The van der Waals surface area contributed by atoms with Gasteiger partial charge in [0.15, 0.2) is 0 Å². The van der Waals surface area contributed by atoms with Gasteiger partial charge in [-0.25, -0.2) is 10.4 Å². The van der Waals surface area contributed by atoms with Gasteiger partial charge in [0.05, 0.1) is 29.6 Å². The summed E-state index contributed by atoms with van der Waals surface area (Å²) < 4.78 is 5.85. The number of benzene rings is 2. The van der Waals surface area contributed by atoms with E-state index in [4.69, 9.17) is 9.72 Å². The lowest BCUT2D eigenvalue weighted by Gasteiger charge is -2.10. The molecule has 0 unspecified atom stereocenters. The number of para-hydroxylation sites is 1. The van der Waals surface area contributed by atoms with Crippen molar-refractivity contribution in [1.82, 2.24) is 10.4 Å². The summed E-state index contributed by atoms with van der Waals surface area (Å²) in [5.74, 6) is 0.525. The third-order valence-electron chi connectivity index (χ3n) is 4.98. The van der Waals surface area contributed by atoms with E-state index in [1.54, 1.807) is 17.6 Å². The number of fused-ring (bicyclic) bond motifs is 1. The Morgan fingerprint density at radius 3 is 2.81 bits per heavy atom. The Balaban J connectivity index is 1.63. The number of hydrogen-bond donors (Lipinski definition) is 1. The van der Waals surface area contributed by atoms with Crippen LogP contribution in [0.4, 0.5) is 0 Å². The van der Waals surface area contributed by atoms with Crippen LogP contribution in [-0.2, 0) is 0 Å². The zero-order valence-corrected chi connectivity index (χ0v) is 19.0. The number of ether oxygens (including phenoxy) is 1. The van der Waals surface area contributed by atoms with E-state index in [9.17, 15) is 4.79 Å². The predicted molar refractivity (Wildman–Crippen MR) is 132 cm³/mol. The van der Waals surface area contributed by atoms with E-state index in [2.05, 4.69) is 17.5 Å². The molecule has 6 heteroatoms. The number of unbranched alkanes of at least 4 members (excludes halogenated alkanes) is 1. The standard InChI is InChI=1S/C26H25N3O2S/c1-3-4-14-31-20-9-7-8-19(15-20)25-16-23(22-10-5-6-11-24(22)28-25)26(30)29-27-17-21-13-12-18(2)32-21/h5-13,15-17H,3-4,14H2,1-2H3,(H,29,30)/b27-17+. The Kier molecular flexibility index (Phi) is 6.92. The van der Waals surface area contributed by atoms with Crippen LogP contribution in [0.25, 0.3) is 22.2 Å². The van der Waals surface area contributed by atoms with E-state index in [0.29, 0.717) is 17.9 Å². The van der Waals surface area contributed by atoms with Gasteiger partial charge >= 0.3 is 0 Å². The number of hydrogen-bond acceptors (Lipinski definition) is 5. The van der Waals surface area contributed by atoms with E-state index >= 15 is 0 Å². The SMILES string of the molecule is CCCCOc1cccc(-c2cc(C(=O)N/N=C/c3ccc(C)s3)c3ccccc3n2)c1. The lowest BCUT2D eigenvalue weighted by molar-refractivity contribution is 0.0956. The fourth-order valence-electron chi connectivity index (χ4n) is 3.33. The molecule has 4 rings (SSSR count). The quantitative estimate of drug-likeness (QED) is 0.200. The molecular weight excluding hydrogens is 418 g/mol. The van der Waals surface area contributed by atoms with Gasteiger partial charge in [-0.2, -0.15) is 5.10 Å². The van der Waals surface area contributed by atoms with Crippen molar-refractivity contribution in [3.05, 3.63) is 82.0 Å². The first-order chi connectivity index (χ1) is 15.6. The Bertz CT molecular complexity index is 1260. The number of aryl methyl sites for hydroxylation is 1. The van der Waals surface area contributed by atoms with Gasteiger partial charge in [-0.3, -0.25) is 4.79 Å². The van der Waals surface area contributed by atoms with Gasteiger partial charge in [0, 0.05) is 20.7 Å². The Labute approximate surface area is 191 Å². The normalized spacial score (nSPS) is 11.2. The second-order valence-electron chi connectivity index (χ2n) is 7.45. The summed E-state index contributed by atoms with van der Waals surface area (Å²) in [4.78, 5) is 20.0. The van der Waals surface area contributed by atoms with Crippen molar-refractivity contribution < 1.29 is 9.53 Å². The molecule has 0 saturated heterocycles. The van der Waals surface area contributed by atoms with Gasteiger partial charge in [-0.1, -0.05) is 43.7 Å². The number of rotatable bonds is 8. The Hall–Kier alpha value is -3.51. The van der Waals surface area contributed by atoms with Crippen molar-refractivity contribution in [1.29, 1.82) is 0 Å². The number of pyridine rings is 1. The minimum absolute atomic E-state index is 0.273. The van der Waals surface area contributed by atoms with Crippen molar-refractivity contribution >= 4 is 34.4 Å². The molecule has 0 aliphatic heterocycles. The smallest absolute Gasteiger partial charge is 0.272 e. The average molecular weight is 444 g/mol. The van der Waals surface area contributed by atoms with Crippen molar-refractivity contribution in [2.24, 2.45) is 5.10 Å². The molecule has 4 aromatic rings. The summed E-state index contributed by atoms with van der Waals surface area (Å²) in [6, 6.07) is 21.3. The summed E-state index contributed by atoms with van der Waals surface area (Å²) >= 11 is 1.62. The van der Waals surface area contributed by atoms with Crippen LogP contribution in [0.2, 0.25) is 0 Å². The third-order valence-corrected chi connectivity index (χ3v) is 5.91. The highest BCUT2D eigenvalue weighted by atomic mass is 32.1. The topological polar surface area (TPSA) is 63.6 Å². The molecule has 5 nitrogen and oxygen atoms in total. The second kappa shape index (κ2) is 10.2. The first-order valence-electron chi connectivity index (χ1n) is 10.7. The molecule has 0 aliphatic carbocycles. The van der Waals surface area contributed by atoms with Gasteiger partial charge in [0.1, 0.15) is 5.75 Å². The first kappa shape index (κ1) is 21.7. The number of carbonyl (C=O) groups is 1. The van der Waals surface area contributed by atoms with Gasteiger partial charge in [-0.15, -0.1) is 11.3 Å². The zero-order valence-electron chi connectivity index (χ0n) is 18.2. The number of carbonyl (C=O) groups excluding carboxylic acids is 1. The van der Waals surface area contributed by atoms with Crippen LogP contribution in [0.15, 0.2) is 71.8 Å².